The number of nitrogens with zero attached hydrogens (tertiary/aromatic N) is 4. The van der Waals surface area contributed by atoms with Gasteiger partial charge in [-0.2, -0.15) is 0 Å². The Bertz CT molecular complexity index is 1310. The van der Waals surface area contributed by atoms with E-state index in [-0.39, 0.29) is 19.1 Å². The first-order chi connectivity index (χ1) is 16.1. The molecule has 0 radical (unpaired) electrons. The Kier molecular flexibility index (Phi) is 5.99. The number of hydrogen-bond acceptors (Lipinski definition) is 7. The molecule has 5 rings (SSSR count). The Morgan fingerprint density at radius 1 is 1.09 bits per heavy atom. The average molecular weight is 481 g/mol. The fraction of sp³-hybridized carbons (Fsp3) is 0.130. The van der Waals surface area contributed by atoms with E-state index < -0.39 is 4.92 Å². The summed E-state index contributed by atoms with van der Waals surface area (Å²) in [5.41, 5.74) is 3.15. The molecule has 3 aromatic carbocycles. The summed E-state index contributed by atoms with van der Waals surface area (Å²) >= 11 is 7.51. The minimum atomic E-state index is -0.410. The number of nitro benzene ring substituents is 1. The van der Waals surface area contributed by atoms with E-state index in [0.29, 0.717) is 38.6 Å². The third-order valence-corrected chi connectivity index (χ3v) is 6.32. The predicted molar refractivity (Wildman–Crippen MR) is 125 cm³/mol. The van der Waals surface area contributed by atoms with Crippen molar-refractivity contribution in [2.24, 2.45) is 0 Å². The second-order valence-corrected chi connectivity index (χ2v) is 8.61. The molecule has 0 N–H and O–H groups in total. The van der Waals surface area contributed by atoms with Gasteiger partial charge >= 0.3 is 0 Å². The summed E-state index contributed by atoms with van der Waals surface area (Å²) in [5.74, 6) is 1.72. The molecule has 0 unspecified atom stereocenters. The fourth-order valence-corrected chi connectivity index (χ4v) is 4.64. The quantitative estimate of drug-likeness (QED) is 0.200. The summed E-state index contributed by atoms with van der Waals surface area (Å²) in [7, 11) is 0. The number of non-ortho nitro benzene ring substituents is 1. The SMILES string of the molecule is O=[N+]([O-])c1cc2c(c(CSc3nnc(-c4ccccc4)n3-c3ccc(Cl)cc3)c1)OCOC2. The molecule has 0 aliphatic carbocycles. The van der Waals surface area contributed by atoms with Crippen LogP contribution in [0.25, 0.3) is 17.1 Å². The maximum absolute atomic E-state index is 11.4. The lowest BCUT2D eigenvalue weighted by molar-refractivity contribution is -0.385. The van der Waals surface area contributed by atoms with Gasteiger partial charge in [-0.05, 0) is 24.3 Å². The van der Waals surface area contributed by atoms with Gasteiger partial charge in [-0.1, -0.05) is 53.7 Å². The number of ether oxygens (including phenoxy) is 2. The van der Waals surface area contributed by atoms with Crippen molar-refractivity contribution < 1.29 is 14.4 Å². The van der Waals surface area contributed by atoms with Gasteiger partial charge in [0.05, 0.1) is 11.5 Å². The molecule has 2 heterocycles. The number of hydrogen-bond donors (Lipinski definition) is 0. The summed E-state index contributed by atoms with van der Waals surface area (Å²) in [6.07, 6.45) is 0. The molecule has 0 amide bonds. The molecule has 4 aromatic rings. The van der Waals surface area contributed by atoms with Gasteiger partial charge in [0.25, 0.3) is 5.69 Å². The molecule has 8 nitrogen and oxygen atoms in total. The molecule has 0 spiro atoms. The van der Waals surface area contributed by atoms with E-state index in [1.807, 2.05) is 59.2 Å². The molecule has 166 valence electrons. The number of rotatable bonds is 6. The molecule has 0 saturated carbocycles. The topological polar surface area (TPSA) is 92.3 Å². The van der Waals surface area contributed by atoms with Crippen molar-refractivity contribution in [2.75, 3.05) is 6.79 Å². The van der Waals surface area contributed by atoms with E-state index in [1.54, 1.807) is 0 Å². The van der Waals surface area contributed by atoms with Crippen molar-refractivity contribution >= 4 is 29.1 Å². The van der Waals surface area contributed by atoms with E-state index in [2.05, 4.69) is 10.2 Å². The number of aromatic nitrogens is 3. The highest BCUT2D eigenvalue weighted by Crippen LogP contribution is 2.37. The Balaban J connectivity index is 1.53. The van der Waals surface area contributed by atoms with Crippen molar-refractivity contribution in [1.29, 1.82) is 0 Å². The molecule has 1 aliphatic rings. The average Bonchev–Trinajstić information content (AvgIpc) is 3.27. The van der Waals surface area contributed by atoms with E-state index >= 15 is 0 Å². The first-order valence-corrected chi connectivity index (χ1v) is 11.4. The minimum Gasteiger partial charge on any atom is -0.467 e. The second kappa shape index (κ2) is 9.22. The Morgan fingerprint density at radius 3 is 2.64 bits per heavy atom. The van der Waals surface area contributed by atoms with Crippen LogP contribution in [-0.4, -0.2) is 26.5 Å². The standard InChI is InChI=1S/C23H17ClN4O4S/c24-18-6-8-19(9-7-18)27-22(15-4-2-1-3-5-15)25-26-23(27)33-13-17-11-20(28(29)30)10-16-12-31-14-32-21(16)17/h1-11H,12-14H2. The molecule has 0 atom stereocenters. The zero-order valence-corrected chi connectivity index (χ0v) is 18.8. The van der Waals surface area contributed by atoms with Crippen molar-refractivity contribution in [3.63, 3.8) is 0 Å². The number of benzene rings is 3. The molecule has 1 aromatic heterocycles. The number of nitro groups is 1. The molecule has 33 heavy (non-hydrogen) atoms. The first-order valence-electron chi connectivity index (χ1n) is 10.0. The van der Waals surface area contributed by atoms with Gasteiger partial charge in [0.2, 0.25) is 0 Å². The molecule has 10 heteroatoms. The number of halogens is 1. The Hall–Kier alpha value is -3.40. The van der Waals surface area contributed by atoms with Crippen LogP contribution in [0.15, 0.2) is 71.9 Å². The van der Waals surface area contributed by atoms with Crippen LogP contribution in [0.4, 0.5) is 5.69 Å². The zero-order chi connectivity index (χ0) is 22.8. The van der Waals surface area contributed by atoms with Crippen LogP contribution >= 0.6 is 23.4 Å². The summed E-state index contributed by atoms with van der Waals surface area (Å²) in [6.45, 7) is 0.384. The van der Waals surface area contributed by atoms with Crippen LogP contribution in [0.2, 0.25) is 5.02 Å². The van der Waals surface area contributed by atoms with Crippen LogP contribution < -0.4 is 4.74 Å². The van der Waals surface area contributed by atoms with Gasteiger partial charge in [-0.25, -0.2) is 0 Å². The lowest BCUT2D eigenvalue weighted by Crippen LogP contribution is -2.13. The second-order valence-electron chi connectivity index (χ2n) is 7.23. The normalized spacial score (nSPS) is 12.8. The van der Waals surface area contributed by atoms with Crippen LogP contribution in [0.5, 0.6) is 5.75 Å². The molecular weight excluding hydrogens is 464 g/mol. The van der Waals surface area contributed by atoms with Gasteiger partial charge in [0.1, 0.15) is 5.75 Å². The molecular formula is C23H17ClN4O4S. The van der Waals surface area contributed by atoms with Crippen molar-refractivity contribution in [3.8, 4) is 22.8 Å². The lowest BCUT2D eigenvalue weighted by atomic mass is 10.1. The maximum Gasteiger partial charge on any atom is 0.270 e. The van der Waals surface area contributed by atoms with E-state index in [9.17, 15) is 10.1 Å². The summed E-state index contributed by atoms with van der Waals surface area (Å²) in [4.78, 5) is 11.0. The molecule has 0 fully saturated rings. The third-order valence-electron chi connectivity index (χ3n) is 5.09. The van der Waals surface area contributed by atoms with Crippen LogP contribution in [0, 0.1) is 10.1 Å². The zero-order valence-electron chi connectivity index (χ0n) is 17.2. The Morgan fingerprint density at radius 2 is 1.88 bits per heavy atom. The van der Waals surface area contributed by atoms with Crippen LogP contribution in [0.3, 0.4) is 0 Å². The van der Waals surface area contributed by atoms with Crippen LogP contribution in [0.1, 0.15) is 11.1 Å². The van der Waals surface area contributed by atoms with Crippen molar-refractivity contribution in [1.82, 2.24) is 14.8 Å². The smallest absolute Gasteiger partial charge is 0.270 e. The van der Waals surface area contributed by atoms with Gasteiger partial charge in [0.15, 0.2) is 17.8 Å². The molecule has 0 bridgehead atoms. The lowest BCUT2D eigenvalue weighted by Gasteiger charge is -2.20. The van der Waals surface area contributed by atoms with Gasteiger partial charge < -0.3 is 9.47 Å². The van der Waals surface area contributed by atoms with Gasteiger partial charge in [0, 0.05) is 45.3 Å². The van der Waals surface area contributed by atoms with Crippen molar-refractivity contribution in [3.05, 3.63) is 93.0 Å². The van der Waals surface area contributed by atoms with Gasteiger partial charge in [-0.3, -0.25) is 14.7 Å². The fourth-order valence-electron chi connectivity index (χ4n) is 3.60. The summed E-state index contributed by atoms with van der Waals surface area (Å²) in [6, 6.07) is 20.2. The predicted octanol–water partition coefficient (Wildman–Crippen LogP) is 5.65. The minimum absolute atomic E-state index is 0.00240. The van der Waals surface area contributed by atoms with Crippen molar-refractivity contribution in [2.45, 2.75) is 17.5 Å². The highest BCUT2D eigenvalue weighted by atomic mass is 35.5. The molecule has 1 aliphatic heterocycles. The Labute approximate surface area is 198 Å². The van der Waals surface area contributed by atoms with Gasteiger partial charge in [-0.15, -0.1) is 10.2 Å². The van der Waals surface area contributed by atoms with E-state index in [1.165, 1.54) is 23.9 Å². The number of thioether (sulfide) groups is 1. The highest BCUT2D eigenvalue weighted by Gasteiger charge is 2.22. The van der Waals surface area contributed by atoms with E-state index in [4.69, 9.17) is 21.1 Å². The first kappa shape index (κ1) is 21.4. The highest BCUT2D eigenvalue weighted by molar-refractivity contribution is 7.98. The number of fused-ring (bicyclic) bond motifs is 1. The van der Waals surface area contributed by atoms with Crippen LogP contribution in [-0.2, 0) is 17.1 Å². The molecule has 0 saturated heterocycles. The largest absolute Gasteiger partial charge is 0.467 e. The third kappa shape index (κ3) is 4.43. The van der Waals surface area contributed by atoms with E-state index in [0.717, 1.165) is 11.3 Å². The summed E-state index contributed by atoms with van der Waals surface area (Å²) < 4.78 is 12.9. The summed E-state index contributed by atoms with van der Waals surface area (Å²) in [5, 5.41) is 21.5. The monoisotopic (exact) mass is 480 g/mol. The maximum atomic E-state index is 11.4.